The molecule has 1 aromatic heterocycles. The van der Waals surface area contributed by atoms with Crippen LogP contribution in [0.15, 0.2) is 76.3 Å². The third-order valence-corrected chi connectivity index (χ3v) is 4.88. The highest BCUT2D eigenvalue weighted by atomic mass is 127. The van der Waals surface area contributed by atoms with E-state index in [-0.39, 0.29) is 29.8 Å². The molecule has 5 nitrogen and oxygen atoms in total. The molecule has 31 heavy (non-hydrogen) atoms. The van der Waals surface area contributed by atoms with Gasteiger partial charge in [0.25, 0.3) is 0 Å². The van der Waals surface area contributed by atoms with Crippen molar-refractivity contribution in [2.24, 2.45) is 4.99 Å². The summed E-state index contributed by atoms with van der Waals surface area (Å²) in [5, 5.41) is 6.61. The zero-order valence-electron chi connectivity index (χ0n) is 18.0. The lowest BCUT2D eigenvalue weighted by molar-refractivity contribution is 0.287. The Morgan fingerprint density at radius 1 is 0.935 bits per heavy atom. The quantitative estimate of drug-likeness (QED) is 0.239. The number of hydrogen-bond donors (Lipinski definition) is 2. The number of aliphatic imine (C=N–C) groups is 1. The van der Waals surface area contributed by atoms with E-state index < -0.39 is 0 Å². The van der Waals surface area contributed by atoms with Gasteiger partial charge in [-0.25, -0.2) is 4.39 Å². The predicted molar refractivity (Wildman–Crippen MR) is 134 cm³/mol. The molecule has 2 aromatic carbocycles. The summed E-state index contributed by atoms with van der Waals surface area (Å²) in [6.07, 6.45) is 2.30. The number of nitrogens with zero attached hydrogens (tertiary/aromatic N) is 2. The van der Waals surface area contributed by atoms with Gasteiger partial charge < -0.3 is 15.1 Å². The topological polar surface area (TPSA) is 52.8 Å². The molecule has 0 saturated heterocycles. The van der Waals surface area contributed by atoms with Crippen molar-refractivity contribution in [1.29, 1.82) is 0 Å². The minimum atomic E-state index is -0.171. The Balaban J connectivity index is 0.00000341. The zero-order chi connectivity index (χ0) is 21.2. The first kappa shape index (κ1) is 24.9. The molecule has 166 valence electrons. The fourth-order valence-electron chi connectivity index (χ4n) is 3.32. The largest absolute Gasteiger partial charge is 0.468 e. The maximum Gasteiger partial charge on any atom is 0.191 e. The van der Waals surface area contributed by atoms with E-state index in [1.165, 1.54) is 17.2 Å². The Morgan fingerprint density at radius 3 is 2.32 bits per heavy atom. The van der Waals surface area contributed by atoms with Crippen molar-refractivity contribution in [1.82, 2.24) is 15.5 Å². The van der Waals surface area contributed by atoms with E-state index >= 15 is 0 Å². The maximum absolute atomic E-state index is 13.7. The van der Waals surface area contributed by atoms with Crippen LogP contribution in [-0.4, -0.2) is 31.5 Å². The van der Waals surface area contributed by atoms with Crippen molar-refractivity contribution < 1.29 is 8.81 Å². The van der Waals surface area contributed by atoms with E-state index in [4.69, 9.17) is 4.42 Å². The zero-order valence-corrected chi connectivity index (χ0v) is 20.3. The molecule has 0 unspecified atom stereocenters. The average molecular weight is 536 g/mol. The van der Waals surface area contributed by atoms with Crippen LogP contribution in [0.1, 0.15) is 22.5 Å². The van der Waals surface area contributed by atoms with Crippen LogP contribution < -0.4 is 10.6 Å². The van der Waals surface area contributed by atoms with Gasteiger partial charge in [0.2, 0.25) is 0 Å². The fraction of sp³-hybridized carbons (Fsp3) is 0.292. The van der Waals surface area contributed by atoms with E-state index in [1.54, 1.807) is 19.4 Å². The second-order valence-corrected chi connectivity index (χ2v) is 7.21. The number of hydrogen-bond acceptors (Lipinski definition) is 3. The summed E-state index contributed by atoms with van der Waals surface area (Å²) >= 11 is 0. The summed E-state index contributed by atoms with van der Waals surface area (Å²) in [5.41, 5.74) is 3.16. The monoisotopic (exact) mass is 536 g/mol. The summed E-state index contributed by atoms with van der Waals surface area (Å²) in [7, 11) is 3.82. The van der Waals surface area contributed by atoms with Crippen LogP contribution in [0.3, 0.4) is 0 Å². The lowest BCUT2D eigenvalue weighted by Gasteiger charge is -2.19. The Hall–Kier alpha value is -2.39. The van der Waals surface area contributed by atoms with Crippen molar-refractivity contribution >= 4 is 29.9 Å². The first-order valence-electron chi connectivity index (χ1n) is 10.1. The van der Waals surface area contributed by atoms with E-state index in [2.05, 4.69) is 45.8 Å². The standard InChI is InChI=1S/C24H29FN4O.HI/c1-26-24(27-14-13-19-8-5-6-12-23(19)25)28-16-20-9-3-4-10-21(20)17-29(2)18-22-11-7-15-30-22;/h3-12,15H,13-14,16-18H2,1-2H3,(H2,26,27,28);1H. The molecule has 0 aliphatic carbocycles. The van der Waals surface area contributed by atoms with E-state index in [0.29, 0.717) is 31.0 Å². The molecule has 0 amide bonds. The minimum absolute atomic E-state index is 0. The van der Waals surface area contributed by atoms with Crippen molar-refractivity contribution in [3.05, 3.63) is 95.2 Å². The van der Waals surface area contributed by atoms with E-state index in [0.717, 1.165) is 18.8 Å². The molecule has 0 radical (unpaired) electrons. The number of furan rings is 1. The highest BCUT2D eigenvalue weighted by Gasteiger charge is 2.08. The number of nitrogens with one attached hydrogen (secondary N) is 2. The molecule has 7 heteroatoms. The van der Waals surface area contributed by atoms with Crippen LogP contribution in [0.4, 0.5) is 4.39 Å². The van der Waals surface area contributed by atoms with Crippen molar-refractivity contribution in [2.45, 2.75) is 26.1 Å². The maximum atomic E-state index is 13.7. The molecule has 0 aliphatic heterocycles. The van der Waals surface area contributed by atoms with Crippen LogP contribution in [0.2, 0.25) is 0 Å². The number of benzene rings is 2. The highest BCUT2D eigenvalue weighted by molar-refractivity contribution is 14.0. The summed E-state index contributed by atoms with van der Waals surface area (Å²) < 4.78 is 19.2. The lowest BCUT2D eigenvalue weighted by atomic mass is 10.1. The fourth-order valence-corrected chi connectivity index (χ4v) is 3.32. The summed E-state index contributed by atoms with van der Waals surface area (Å²) in [6.45, 7) is 2.84. The molecule has 0 saturated carbocycles. The lowest BCUT2D eigenvalue weighted by Crippen LogP contribution is -2.38. The highest BCUT2D eigenvalue weighted by Crippen LogP contribution is 2.13. The molecule has 0 aliphatic rings. The average Bonchev–Trinajstić information content (AvgIpc) is 3.25. The van der Waals surface area contributed by atoms with Crippen LogP contribution in [0.25, 0.3) is 0 Å². The van der Waals surface area contributed by atoms with Crippen molar-refractivity contribution in [2.75, 3.05) is 20.6 Å². The molecular formula is C24H30FIN4O. The first-order valence-corrected chi connectivity index (χ1v) is 10.1. The number of guanidine groups is 1. The van der Waals surface area contributed by atoms with Crippen LogP contribution in [0.5, 0.6) is 0 Å². The number of halogens is 2. The van der Waals surface area contributed by atoms with Crippen LogP contribution in [-0.2, 0) is 26.1 Å². The second-order valence-electron chi connectivity index (χ2n) is 7.21. The molecule has 3 rings (SSSR count). The Kier molecular flexibility index (Phi) is 10.5. The molecule has 0 spiro atoms. The third-order valence-electron chi connectivity index (χ3n) is 4.88. The second kappa shape index (κ2) is 13.1. The summed E-state index contributed by atoms with van der Waals surface area (Å²) in [6, 6.07) is 19.1. The molecule has 0 atom stereocenters. The van der Waals surface area contributed by atoms with Gasteiger partial charge in [0, 0.05) is 26.7 Å². The van der Waals surface area contributed by atoms with E-state index in [9.17, 15) is 4.39 Å². The smallest absolute Gasteiger partial charge is 0.191 e. The molecule has 2 N–H and O–H groups in total. The van der Waals surface area contributed by atoms with Gasteiger partial charge >= 0.3 is 0 Å². The molecule has 3 aromatic rings. The van der Waals surface area contributed by atoms with Gasteiger partial charge in [-0.2, -0.15) is 0 Å². The normalized spacial score (nSPS) is 11.3. The number of rotatable bonds is 9. The van der Waals surface area contributed by atoms with Gasteiger partial charge in [-0.3, -0.25) is 9.89 Å². The molecular weight excluding hydrogens is 506 g/mol. The molecule has 0 bridgehead atoms. The Bertz CT molecular complexity index is 946. The van der Waals surface area contributed by atoms with Gasteiger partial charge in [0.15, 0.2) is 5.96 Å². The van der Waals surface area contributed by atoms with Gasteiger partial charge in [-0.15, -0.1) is 24.0 Å². The van der Waals surface area contributed by atoms with Gasteiger partial charge in [0.05, 0.1) is 12.8 Å². The van der Waals surface area contributed by atoms with Crippen molar-refractivity contribution in [3.8, 4) is 0 Å². The van der Waals surface area contributed by atoms with E-state index in [1.807, 2.05) is 30.3 Å². The Morgan fingerprint density at radius 2 is 1.65 bits per heavy atom. The minimum Gasteiger partial charge on any atom is -0.468 e. The predicted octanol–water partition coefficient (Wildman–Crippen LogP) is 4.58. The van der Waals surface area contributed by atoms with Gasteiger partial charge in [-0.1, -0.05) is 42.5 Å². The Labute approximate surface area is 200 Å². The third kappa shape index (κ3) is 7.99. The molecule has 0 fully saturated rings. The van der Waals surface area contributed by atoms with Gasteiger partial charge in [0.1, 0.15) is 11.6 Å². The van der Waals surface area contributed by atoms with Crippen LogP contribution in [0, 0.1) is 5.82 Å². The van der Waals surface area contributed by atoms with Crippen molar-refractivity contribution in [3.63, 3.8) is 0 Å². The van der Waals surface area contributed by atoms with Gasteiger partial charge in [-0.05, 0) is 48.4 Å². The van der Waals surface area contributed by atoms with Crippen LogP contribution >= 0.6 is 24.0 Å². The summed E-state index contributed by atoms with van der Waals surface area (Å²) in [4.78, 5) is 6.50. The molecule has 1 heterocycles. The summed E-state index contributed by atoms with van der Waals surface area (Å²) in [5.74, 6) is 1.48. The first-order chi connectivity index (χ1) is 14.7. The SMILES string of the molecule is CN=C(NCCc1ccccc1F)NCc1ccccc1CN(C)Cc1ccco1.I.